The van der Waals surface area contributed by atoms with E-state index in [-0.39, 0.29) is 5.91 Å². The number of hydrogen-bond acceptors (Lipinski definition) is 2. The quantitative estimate of drug-likeness (QED) is 0.611. The Balaban J connectivity index is 2.28. The number of rotatable bonds is 5. The standard InChI is InChI=1S/C19H21NOS/c1-5-10-22-17-9-7-6-8-16(17)19(21)20-18-14(3)11-13(2)12-15(18)4/h5-9,11-12H,1,10H2,2-4H3,(H,20,21). The molecule has 0 unspecified atom stereocenters. The van der Waals surface area contributed by atoms with Gasteiger partial charge in [0.25, 0.3) is 5.91 Å². The first kappa shape index (κ1) is 16.4. The van der Waals surface area contributed by atoms with Gasteiger partial charge in [-0.3, -0.25) is 4.79 Å². The van der Waals surface area contributed by atoms with Crippen LogP contribution < -0.4 is 5.32 Å². The largest absolute Gasteiger partial charge is 0.321 e. The minimum atomic E-state index is -0.0674. The summed E-state index contributed by atoms with van der Waals surface area (Å²) in [5.41, 5.74) is 4.98. The third-order valence-corrected chi connectivity index (χ3v) is 4.47. The van der Waals surface area contributed by atoms with Gasteiger partial charge in [-0.1, -0.05) is 35.9 Å². The van der Waals surface area contributed by atoms with Crippen LogP contribution in [0.15, 0.2) is 53.9 Å². The summed E-state index contributed by atoms with van der Waals surface area (Å²) in [6, 6.07) is 11.8. The summed E-state index contributed by atoms with van der Waals surface area (Å²) in [6.45, 7) is 9.83. The first-order valence-electron chi connectivity index (χ1n) is 7.25. The van der Waals surface area contributed by atoms with E-state index in [4.69, 9.17) is 0 Å². The summed E-state index contributed by atoms with van der Waals surface area (Å²) < 4.78 is 0. The van der Waals surface area contributed by atoms with Gasteiger partial charge in [-0.25, -0.2) is 0 Å². The Morgan fingerprint density at radius 1 is 1.18 bits per heavy atom. The number of carbonyl (C=O) groups excluding carboxylic acids is 1. The van der Waals surface area contributed by atoms with Crippen molar-refractivity contribution < 1.29 is 4.79 Å². The number of nitrogens with one attached hydrogen (secondary N) is 1. The molecule has 22 heavy (non-hydrogen) atoms. The van der Waals surface area contributed by atoms with Gasteiger partial charge < -0.3 is 5.32 Å². The molecular weight excluding hydrogens is 290 g/mol. The molecule has 0 aliphatic rings. The van der Waals surface area contributed by atoms with Crippen LogP contribution in [0.5, 0.6) is 0 Å². The number of amides is 1. The van der Waals surface area contributed by atoms with Crippen LogP contribution in [-0.2, 0) is 0 Å². The van der Waals surface area contributed by atoms with Crippen molar-refractivity contribution in [2.75, 3.05) is 11.1 Å². The Morgan fingerprint density at radius 2 is 1.82 bits per heavy atom. The van der Waals surface area contributed by atoms with Gasteiger partial charge in [0.05, 0.1) is 5.56 Å². The van der Waals surface area contributed by atoms with Gasteiger partial charge >= 0.3 is 0 Å². The molecule has 2 aromatic carbocycles. The molecule has 0 radical (unpaired) electrons. The normalized spacial score (nSPS) is 10.3. The predicted octanol–water partition coefficient (Wildman–Crippen LogP) is 5.14. The molecule has 0 aliphatic carbocycles. The first-order chi connectivity index (χ1) is 10.5. The lowest BCUT2D eigenvalue weighted by molar-refractivity contribution is 0.102. The van der Waals surface area contributed by atoms with E-state index in [0.717, 1.165) is 27.5 Å². The molecule has 1 N–H and O–H groups in total. The second kappa shape index (κ2) is 7.32. The summed E-state index contributed by atoms with van der Waals surface area (Å²) in [5.74, 6) is 0.717. The zero-order chi connectivity index (χ0) is 16.1. The number of hydrogen-bond donors (Lipinski definition) is 1. The van der Waals surface area contributed by atoms with Crippen molar-refractivity contribution in [1.29, 1.82) is 0 Å². The van der Waals surface area contributed by atoms with Crippen LogP contribution in [0.1, 0.15) is 27.0 Å². The van der Waals surface area contributed by atoms with Crippen LogP contribution in [0.4, 0.5) is 5.69 Å². The second-order valence-electron chi connectivity index (χ2n) is 5.32. The number of anilines is 1. The van der Waals surface area contributed by atoms with Crippen molar-refractivity contribution >= 4 is 23.4 Å². The zero-order valence-corrected chi connectivity index (χ0v) is 14.1. The topological polar surface area (TPSA) is 29.1 Å². The fourth-order valence-corrected chi connectivity index (χ4v) is 3.28. The van der Waals surface area contributed by atoms with Gasteiger partial charge in [0.1, 0.15) is 0 Å². The first-order valence-corrected chi connectivity index (χ1v) is 8.23. The molecule has 1 amide bonds. The maximum absolute atomic E-state index is 12.6. The predicted molar refractivity (Wildman–Crippen MR) is 96.0 cm³/mol. The van der Waals surface area contributed by atoms with Crippen LogP contribution in [0.2, 0.25) is 0 Å². The van der Waals surface area contributed by atoms with Gasteiger partial charge in [0.15, 0.2) is 0 Å². The summed E-state index contributed by atoms with van der Waals surface area (Å²) in [4.78, 5) is 13.6. The van der Waals surface area contributed by atoms with Crippen LogP contribution in [-0.4, -0.2) is 11.7 Å². The molecule has 0 heterocycles. The SMILES string of the molecule is C=CCSc1ccccc1C(=O)Nc1c(C)cc(C)cc1C. The van der Waals surface area contributed by atoms with Gasteiger partial charge in [0.2, 0.25) is 0 Å². The van der Waals surface area contributed by atoms with Crippen molar-refractivity contribution in [3.8, 4) is 0 Å². The van der Waals surface area contributed by atoms with Crippen molar-refractivity contribution in [2.45, 2.75) is 25.7 Å². The van der Waals surface area contributed by atoms with E-state index in [1.54, 1.807) is 11.8 Å². The fourth-order valence-electron chi connectivity index (χ4n) is 2.49. The molecule has 0 atom stereocenters. The number of benzene rings is 2. The molecule has 0 bridgehead atoms. The van der Waals surface area contributed by atoms with E-state index in [1.165, 1.54) is 5.56 Å². The maximum Gasteiger partial charge on any atom is 0.256 e. The molecule has 0 saturated carbocycles. The van der Waals surface area contributed by atoms with E-state index in [1.807, 2.05) is 44.2 Å². The molecule has 0 spiro atoms. The summed E-state index contributed by atoms with van der Waals surface area (Å²) in [5, 5.41) is 3.06. The molecule has 0 aliphatic heterocycles. The minimum absolute atomic E-state index is 0.0674. The lowest BCUT2D eigenvalue weighted by Gasteiger charge is -2.14. The van der Waals surface area contributed by atoms with Gasteiger partial charge in [-0.15, -0.1) is 18.3 Å². The van der Waals surface area contributed by atoms with Crippen molar-refractivity contribution in [3.63, 3.8) is 0 Å². The maximum atomic E-state index is 12.6. The monoisotopic (exact) mass is 311 g/mol. The third kappa shape index (κ3) is 3.80. The Bertz CT molecular complexity index is 683. The molecule has 2 rings (SSSR count). The van der Waals surface area contributed by atoms with E-state index < -0.39 is 0 Å². The third-order valence-electron chi connectivity index (χ3n) is 3.40. The highest BCUT2D eigenvalue weighted by atomic mass is 32.2. The molecule has 114 valence electrons. The van der Waals surface area contributed by atoms with Crippen LogP contribution >= 0.6 is 11.8 Å². The molecule has 0 fully saturated rings. The van der Waals surface area contributed by atoms with Crippen molar-refractivity contribution in [2.24, 2.45) is 0 Å². The van der Waals surface area contributed by atoms with Crippen LogP contribution in [0, 0.1) is 20.8 Å². The lowest BCUT2D eigenvalue weighted by atomic mass is 10.0. The molecule has 0 saturated heterocycles. The van der Waals surface area contributed by atoms with E-state index in [9.17, 15) is 4.79 Å². The molecule has 3 heteroatoms. The second-order valence-corrected chi connectivity index (χ2v) is 6.39. The zero-order valence-electron chi connectivity index (χ0n) is 13.3. The summed E-state index contributed by atoms with van der Waals surface area (Å²) in [6.07, 6.45) is 1.84. The van der Waals surface area contributed by atoms with E-state index in [0.29, 0.717) is 5.56 Å². The van der Waals surface area contributed by atoms with Crippen molar-refractivity contribution in [1.82, 2.24) is 0 Å². The average Bonchev–Trinajstić information content (AvgIpc) is 2.48. The smallest absolute Gasteiger partial charge is 0.256 e. The van der Waals surface area contributed by atoms with E-state index >= 15 is 0 Å². The van der Waals surface area contributed by atoms with E-state index in [2.05, 4.69) is 31.0 Å². The highest BCUT2D eigenvalue weighted by Gasteiger charge is 2.13. The highest BCUT2D eigenvalue weighted by Crippen LogP contribution is 2.26. The Kier molecular flexibility index (Phi) is 5.45. The molecule has 2 nitrogen and oxygen atoms in total. The average molecular weight is 311 g/mol. The van der Waals surface area contributed by atoms with Crippen LogP contribution in [0.3, 0.4) is 0 Å². The van der Waals surface area contributed by atoms with Gasteiger partial charge in [-0.05, 0) is 44.0 Å². The number of aryl methyl sites for hydroxylation is 3. The van der Waals surface area contributed by atoms with Gasteiger partial charge in [0, 0.05) is 16.3 Å². The number of thioether (sulfide) groups is 1. The number of carbonyl (C=O) groups is 1. The van der Waals surface area contributed by atoms with Crippen LogP contribution in [0.25, 0.3) is 0 Å². The molecular formula is C19H21NOS. The highest BCUT2D eigenvalue weighted by molar-refractivity contribution is 7.99. The van der Waals surface area contributed by atoms with Gasteiger partial charge in [-0.2, -0.15) is 0 Å². The fraction of sp³-hybridized carbons (Fsp3) is 0.211. The minimum Gasteiger partial charge on any atom is -0.321 e. The Hall–Kier alpha value is -2.00. The summed E-state index contributed by atoms with van der Waals surface area (Å²) >= 11 is 1.62. The Labute approximate surface area is 136 Å². The molecule has 0 aromatic heterocycles. The molecule has 2 aromatic rings. The lowest BCUT2D eigenvalue weighted by Crippen LogP contribution is -2.15. The van der Waals surface area contributed by atoms with Crippen molar-refractivity contribution in [3.05, 3.63) is 71.3 Å². The Morgan fingerprint density at radius 3 is 2.45 bits per heavy atom. The summed E-state index contributed by atoms with van der Waals surface area (Å²) in [7, 11) is 0.